The lowest BCUT2D eigenvalue weighted by Crippen LogP contribution is -2.07. The van der Waals surface area contributed by atoms with Gasteiger partial charge in [0.1, 0.15) is 0 Å². The quantitative estimate of drug-likeness (QED) is 0.534. The van der Waals surface area contributed by atoms with Gasteiger partial charge in [-0.05, 0) is 22.8 Å². The molecule has 4 nitrogen and oxygen atoms in total. The van der Waals surface area contributed by atoms with E-state index in [0.717, 1.165) is 16.7 Å². The van der Waals surface area contributed by atoms with Gasteiger partial charge >= 0.3 is 10.4 Å². The molecular weight excluding hydrogens is 336 g/mol. The second kappa shape index (κ2) is 7.34. The van der Waals surface area contributed by atoms with E-state index < -0.39 is 10.4 Å². The Kier molecular flexibility index (Phi) is 4.97. The zero-order valence-electron chi connectivity index (χ0n) is 13.2. The Balaban J connectivity index is 2.04. The van der Waals surface area contributed by atoms with E-state index in [2.05, 4.69) is 0 Å². The van der Waals surface area contributed by atoms with Crippen molar-refractivity contribution < 1.29 is 17.2 Å². The molecule has 0 aliphatic carbocycles. The van der Waals surface area contributed by atoms with Crippen LogP contribution in [0, 0.1) is 0 Å². The van der Waals surface area contributed by atoms with Crippen molar-refractivity contribution in [1.82, 2.24) is 0 Å². The maximum atomic E-state index is 11.1. The Morgan fingerprint density at radius 1 is 0.720 bits per heavy atom. The van der Waals surface area contributed by atoms with Crippen LogP contribution in [0.1, 0.15) is 11.1 Å². The fraction of sp³-hybridized carbons (Fsp3) is 0. The first-order valence-electron chi connectivity index (χ1n) is 7.61. The minimum Gasteiger partial charge on any atom is -0.361 e. The van der Waals surface area contributed by atoms with E-state index in [4.69, 9.17) is 8.74 Å². The highest BCUT2D eigenvalue weighted by molar-refractivity contribution is 7.81. The number of benzene rings is 3. The Bertz CT molecular complexity index is 993. The summed E-state index contributed by atoms with van der Waals surface area (Å²) in [4.78, 5) is 0. The first-order valence-corrected chi connectivity index (χ1v) is 8.98. The molecule has 5 heteroatoms. The van der Waals surface area contributed by atoms with Crippen molar-refractivity contribution in [1.29, 1.82) is 0 Å². The molecule has 0 saturated carbocycles. The minimum atomic E-state index is -4.59. The molecule has 0 atom stereocenters. The highest BCUT2D eigenvalue weighted by Gasteiger charge is 2.14. The summed E-state index contributed by atoms with van der Waals surface area (Å²) in [6.07, 6.45) is 3.93. The number of hydrogen-bond donors (Lipinski definition) is 1. The molecule has 0 fully saturated rings. The predicted octanol–water partition coefficient (Wildman–Crippen LogP) is 4.71. The molecule has 0 aromatic heterocycles. The van der Waals surface area contributed by atoms with E-state index in [9.17, 15) is 8.42 Å². The van der Waals surface area contributed by atoms with Crippen molar-refractivity contribution in [2.24, 2.45) is 0 Å². The summed E-state index contributed by atoms with van der Waals surface area (Å²) in [5.74, 6) is 0.0746. The fourth-order valence-corrected chi connectivity index (χ4v) is 2.89. The molecule has 25 heavy (non-hydrogen) atoms. The summed E-state index contributed by atoms with van der Waals surface area (Å²) in [7, 11) is -4.59. The Labute approximate surface area is 147 Å². The molecule has 0 unspecified atom stereocenters. The first kappa shape index (κ1) is 17.0. The monoisotopic (exact) mass is 352 g/mol. The molecule has 3 aromatic carbocycles. The highest BCUT2D eigenvalue weighted by atomic mass is 32.3. The van der Waals surface area contributed by atoms with Gasteiger partial charge in [0.25, 0.3) is 0 Å². The predicted molar refractivity (Wildman–Crippen MR) is 99.4 cm³/mol. The molecule has 3 aromatic rings. The third kappa shape index (κ3) is 4.56. The third-order valence-electron chi connectivity index (χ3n) is 3.59. The highest BCUT2D eigenvalue weighted by Crippen LogP contribution is 2.33. The van der Waals surface area contributed by atoms with Crippen molar-refractivity contribution in [3.8, 4) is 16.9 Å². The van der Waals surface area contributed by atoms with Gasteiger partial charge in [-0.1, -0.05) is 84.9 Å². The van der Waals surface area contributed by atoms with Gasteiger partial charge in [0.2, 0.25) is 0 Å². The molecule has 0 bridgehead atoms. The first-order chi connectivity index (χ1) is 12.0. The van der Waals surface area contributed by atoms with E-state index in [-0.39, 0.29) is 5.75 Å². The SMILES string of the molecule is O=S(=O)(O)Oc1ccccc1-c1ccccc1C=Cc1ccccc1. The summed E-state index contributed by atoms with van der Waals surface area (Å²) in [5, 5.41) is 0. The lowest BCUT2D eigenvalue weighted by Gasteiger charge is -2.11. The third-order valence-corrected chi connectivity index (χ3v) is 3.98. The van der Waals surface area contributed by atoms with E-state index in [1.54, 1.807) is 18.2 Å². The Morgan fingerprint density at radius 3 is 2.04 bits per heavy atom. The van der Waals surface area contributed by atoms with E-state index in [0.29, 0.717) is 5.56 Å². The molecule has 126 valence electrons. The van der Waals surface area contributed by atoms with Gasteiger partial charge in [-0.25, -0.2) is 0 Å². The van der Waals surface area contributed by atoms with Crippen LogP contribution in [-0.2, 0) is 10.4 Å². The molecule has 0 spiro atoms. The van der Waals surface area contributed by atoms with Crippen LogP contribution in [-0.4, -0.2) is 13.0 Å². The van der Waals surface area contributed by atoms with Crippen LogP contribution in [0.15, 0.2) is 78.9 Å². The molecule has 1 N–H and O–H groups in total. The number of hydrogen-bond acceptors (Lipinski definition) is 3. The van der Waals surface area contributed by atoms with Crippen LogP contribution in [0.3, 0.4) is 0 Å². The van der Waals surface area contributed by atoms with Crippen LogP contribution in [0.2, 0.25) is 0 Å². The molecule has 0 radical (unpaired) electrons. The average Bonchev–Trinajstić information content (AvgIpc) is 2.60. The molecule has 0 saturated heterocycles. The van der Waals surface area contributed by atoms with Gasteiger partial charge in [0, 0.05) is 5.56 Å². The van der Waals surface area contributed by atoms with E-state index in [1.807, 2.05) is 66.7 Å². The van der Waals surface area contributed by atoms with Crippen LogP contribution < -0.4 is 4.18 Å². The summed E-state index contributed by atoms with van der Waals surface area (Å²) in [6.45, 7) is 0. The van der Waals surface area contributed by atoms with Crippen molar-refractivity contribution in [2.75, 3.05) is 0 Å². The van der Waals surface area contributed by atoms with Crippen molar-refractivity contribution >= 4 is 22.6 Å². The molecule has 0 aliphatic rings. The summed E-state index contributed by atoms with van der Waals surface area (Å²) in [6, 6.07) is 24.1. The van der Waals surface area contributed by atoms with Gasteiger partial charge in [-0.2, -0.15) is 8.42 Å². The van der Waals surface area contributed by atoms with Gasteiger partial charge < -0.3 is 4.18 Å². The fourth-order valence-electron chi connectivity index (χ4n) is 2.51. The number of para-hydroxylation sites is 1. The van der Waals surface area contributed by atoms with E-state index in [1.165, 1.54) is 6.07 Å². The van der Waals surface area contributed by atoms with Crippen LogP contribution >= 0.6 is 0 Å². The molecule has 3 rings (SSSR count). The van der Waals surface area contributed by atoms with Gasteiger partial charge in [0.15, 0.2) is 5.75 Å². The largest absolute Gasteiger partial charge is 0.446 e. The average molecular weight is 352 g/mol. The summed E-state index contributed by atoms with van der Waals surface area (Å²) in [5.41, 5.74) is 3.33. The van der Waals surface area contributed by atoms with Crippen LogP contribution in [0.4, 0.5) is 0 Å². The second-order valence-corrected chi connectivity index (χ2v) is 6.36. The van der Waals surface area contributed by atoms with Crippen LogP contribution in [0.5, 0.6) is 5.75 Å². The lowest BCUT2D eigenvalue weighted by molar-refractivity contribution is 0.387. The van der Waals surface area contributed by atoms with Crippen molar-refractivity contribution in [3.05, 3.63) is 90.0 Å². The topological polar surface area (TPSA) is 63.6 Å². The van der Waals surface area contributed by atoms with Gasteiger partial charge in [-0.15, -0.1) is 0 Å². The molecule has 0 amide bonds. The summed E-state index contributed by atoms with van der Waals surface area (Å²) < 4.78 is 35.9. The van der Waals surface area contributed by atoms with Gasteiger partial charge in [0.05, 0.1) is 0 Å². The normalized spacial score (nSPS) is 11.6. The molecule has 0 aliphatic heterocycles. The van der Waals surface area contributed by atoms with Crippen LogP contribution in [0.25, 0.3) is 23.3 Å². The standard InChI is InChI=1S/C20H16O4S/c21-25(22,23)24-20-13-7-6-12-19(20)18-11-5-4-10-17(18)15-14-16-8-2-1-3-9-16/h1-15H,(H,21,22,23). The lowest BCUT2D eigenvalue weighted by atomic mass is 9.98. The smallest absolute Gasteiger partial charge is 0.361 e. The molecular formula is C20H16O4S. The Hall–Kier alpha value is -2.89. The summed E-state index contributed by atoms with van der Waals surface area (Å²) >= 11 is 0. The van der Waals surface area contributed by atoms with Gasteiger partial charge in [-0.3, -0.25) is 4.55 Å². The zero-order chi connectivity index (χ0) is 17.7. The van der Waals surface area contributed by atoms with Crippen molar-refractivity contribution in [2.45, 2.75) is 0 Å². The second-order valence-electron chi connectivity index (χ2n) is 5.34. The maximum Gasteiger partial charge on any atom is 0.446 e. The minimum absolute atomic E-state index is 0.0746. The Morgan fingerprint density at radius 2 is 1.32 bits per heavy atom. The number of rotatable bonds is 5. The maximum absolute atomic E-state index is 11.1. The molecule has 0 heterocycles. The van der Waals surface area contributed by atoms with E-state index >= 15 is 0 Å². The zero-order valence-corrected chi connectivity index (χ0v) is 14.1. The van der Waals surface area contributed by atoms with Crippen molar-refractivity contribution in [3.63, 3.8) is 0 Å².